The number of phenolic OH excluding ortho intramolecular Hbond substituents is 2. The van der Waals surface area contributed by atoms with Gasteiger partial charge in [0, 0.05) is 17.3 Å². The molecule has 0 aliphatic rings. The van der Waals surface area contributed by atoms with Crippen LogP contribution in [0.2, 0.25) is 0 Å². The molecule has 0 heterocycles. The van der Waals surface area contributed by atoms with Crippen LogP contribution in [0.25, 0.3) is 0 Å². The van der Waals surface area contributed by atoms with E-state index in [0.717, 1.165) is 30.3 Å². The van der Waals surface area contributed by atoms with Gasteiger partial charge in [0.25, 0.3) is 0 Å². The van der Waals surface area contributed by atoms with Crippen molar-refractivity contribution in [3.63, 3.8) is 0 Å². The Labute approximate surface area is 184 Å². The summed E-state index contributed by atoms with van der Waals surface area (Å²) in [6.45, 7) is 0. The van der Waals surface area contributed by atoms with Gasteiger partial charge in [-0.15, -0.1) is 0 Å². The minimum absolute atomic E-state index is 0.0830. The Balaban J connectivity index is 0.000000273. The number of anilines is 2. The third kappa shape index (κ3) is 7.92. The molecular formula is C21H18F6N4O2. The summed E-state index contributed by atoms with van der Waals surface area (Å²) >= 11 is 0. The van der Waals surface area contributed by atoms with Gasteiger partial charge in [0.2, 0.25) is 0 Å². The van der Waals surface area contributed by atoms with Crippen LogP contribution in [0, 0.1) is 0 Å². The van der Waals surface area contributed by atoms with Gasteiger partial charge >= 0.3 is 12.4 Å². The fraction of sp³-hybridized carbons (Fsp3) is 0.0952. The Hall–Kier alpha value is -3.93. The summed E-state index contributed by atoms with van der Waals surface area (Å²) in [5.74, 6) is 4.74. The van der Waals surface area contributed by atoms with E-state index in [9.17, 15) is 31.4 Å². The number of benzene rings is 3. The lowest BCUT2D eigenvalue weighted by molar-refractivity contribution is -0.138. The van der Waals surface area contributed by atoms with Crippen LogP contribution in [0.4, 0.5) is 37.7 Å². The van der Waals surface area contributed by atoms with Crippen molar-refractivity contribution in [2.24, 2.45) is 10.9 Å². The highest BCUT2D eigenvalue weighted by molar-refractivity contribution is 5.84. The molecule has 3 rings (SSSR count). The van der Waals surface area contributed by atoms with Crippen LogP contribution in [-0.4, -0.2) is 16.4 Å². The molecule has 0 unspecified atom stereocenters. The molecule has 0 amide bonds. The highest BCUT2D eigenvalue weighted by Crippen LogP contribution is 2.30. The molecule has 0 atom stereocenters. The maximum Gasteiger partial charge on any atom is 0.416 e. The van der Waals surface area contributed by atoms with Crippen LogP contribution in [0.3, 0.4) is 0 Å². The smallest absolute Gasteiger partial charge is 0.416 e. The second-order valence-electron chi connectivity index (χ2n) is 6.41. The average molecular weight is 472 g/mol. The number of hydrazine groups is 1. The molecule has 0 aliphatic carbocycles. The molecular weight excluding hydrogens is 454 g/mol. The van der Waals surface area contributed by atoms with E-state index in [1.165, 1.54) is 42.6 Å². The van der Waals surface area contributed by atoms with Gasteiger partial charge in [-0.3, -0.25) is 11.3 Å². The number of rotatable bonds is 4. The number of nitrogens with zero attached hydrogens (tertiary/aromatic N) is 1. The fourth-order valence-corrected chi connectivity index (χ4v) is 2.31. The molecule has 12 heteroatoms. The Bertz CT molecular complexity index is 1070. The summed E-state index contributed by atoms with van der Waals surface area (Å²) in [4.78, 5) is 0. The normalized spacial score (nSPS) is 11.6. The second-order valence-corrected chi connectivity index (χ2v) is 6.41. The van der Waals surface area contributed by atoms with Crippen molar-refractivity contribution in [1.82, 2.24) is 0 Å². The summed E-state index contributed by atoms with van der Waals surface area (Å²) in [6, 6.07) is 12.8. The number of hydrogen-bond donors (Lipinski definition) is 5. The molecule has 0 aromatic heterocycles. The van der Waals surface area contributed by atoms with Crippen molar-refractivity contribution < 1.29 is 36.6 Å². The van der Waals surface area contributed by atoms with Gasteiger partial charge in [-0.25, -0.2) is 0 Å². The van der Waals surface area contributed by atoms with E-state index < -0.39 is 23.5 Å². The Morgan fingerprint density at radius 1 is 0.727 bits per heavy atom. The lowest BCUT2D eigenvalue weighted by Crippen LogP contribution is -2.08. The number of hydrogen-bond acceptors (Lipinski definition) is 6. The maximum absolute atomic E-state index is 12.4. The third-order valence-corrected chi connectivity index (χ3v) is 4.00. The first-order valence-electron chi connectivity index (χ1n) is 9.02. The number of halogens is 6. The first-order valence-corrected chi connectivity index (χ1v) is 9.02. The van der Waals surface area contributed by atoms with Gasteiger partial charge in [-0.2, -0.15) is 31.4 Å². The molecule has 3 aromatic carbocycles. The van der Waals surface area contributed by atoms with E-state index in [4.69, 9.17) is 10.9 Å². The molecule has 0 bridgehead atoms. The standard InChI is InChI=1S/C14H11F3N2O2.C7H7F3N2/c15-14(16,17)10-2-4-11(5-3-10)19-18-8-9-1-6-12(20)7-13(9)21;8-7(9,10)5-1-3-6(12-11)4-2-5/h1-8,19-21H;1-4,12H,11H2. The molecule has 176 valence electrons. The summed E-state index contributed by atoms with van der Waals surface area (Å²) in [7, 11) is 0. The number of aromatic hydroxyl groups is 2. The molecule has 33 heavy (non-hydrogen) atoms. The van der Waals surface area contributed by atoms with E-state index in [0.29, 0.717) is 16.9 Å². The zero-order valence-corrected chi connectivity index (χ0v) is 16.6. The van der Waals surface area contributed by atoms with Crippen LogP contribution >= 0.6 is 0 Å². The third-order valence-electron chi connectivity index (χ3n) is 4.00. The number of hydrazone groups is 1. The Morgan fingerprint density at radius 2 is 1.21 bits per heavy atom. The van der Waals surface area contributed by atoms with Crippen LogP contribution in [0.15, 0.2) is 71.8 Å². The van der Waals surface area contributed by atoms with Gasteiger partial charge < -0.3 is 15.6 Å². The van der Waals surface area contributed by atoms with Crippen LogP contribution < -0.4 is 16.7 Å². The van der Waals surface area contributed by atoms with Crippen molar-refractivity contribution in [3.8, 4) is 11.5 Å². The predicted molar refractivity (Wildman–Crippen MR) is 112 cm³/mol. The molecule has 0 spiro atoms. The topological polar surface area (TPSA) is 103 Å². The van der Waals surface area contributed by atoms with Crippen molar-refractivity contribution >= 4 is 17.6 Å². The SMILES string of the molecule is NNc1ccc(C(F)(F)F)cc1.Oc1ccc(C=NNc2ccc(C(F)(F)F)cc2)c(O)c1. The molecule has 0 saturated heterocycles. The second kappa shape index (κ2) is 10.6. The van der Waals surface area contributed by atoms with E-state index in [1.54, 1.807) is 0 Å². The van der Waals surface area contributed by atoms with E-state index in [-0.39, 0.29) is 11.5 Å². The van der Waals surface area contributed by atoms with E-state index in [2.05, 4.69) is 16.0 Å². The summed E-state index contributed by atoms with van der Waals surface area (Å²) in [5.41, 5.74) is 4.53. The number of nitrogens with one attached hydrogen (secondary N) is 2. The van der Waals surface area contributed by atoms with E-state index in [1.807, 2.05) is 0 Å². The molecule has 0 fully saturated rings. The van der Waals surface area contributed by atoms with Gasteiger partial charge in [0.05, 0.1) is 23.0 Å². The lowest BCUT2D eigenvalue weighted by atomic mass is 10.2. The number of nitrogens with two attached hydrogens (primary N) is 1. The van der Waals surface area contributed by atoms with Crippen LogP contribution in [0.1, 0.15) is 16.7 Å². The molecule has 0 saturated carbocycles. The minimum atomic E-state index is -4.38. The highest BCUT2D eigenvalue weighted by Gasteiger charge is 2.30. The van der Waals surface area contributed by atoms with Crippen molar-refractivity contribution in [3.05, 3.63) is 83.4 Å². The van der Waals surface area contributed by atoms with Gasteiger partial charge in [0.1, 0.15) is 11.5 Å². The number of phenols is 2. The van der Waals surface area contributed by atoms with Gasteiger partial charge in [0.15, 0.2) is 0 Å². The quantitative estimate of drug-likeness (QED) is 0.148. The minimum Gasteiger partial charge on any atom is -0.508 e. The summed E-state index contributed by atoms with van der Waals surface area (Å²) < 4.78 is 73.0. The molecule has 0 aliphatic heterocycles. The van der Waals surface area contributed by atoms with Gasteiger partial charge in [-0.05, 0) is 60.7 Å². The molecule has 0 radical (unpaired) electrons. The zero-order chi connectivity index (χ0) is 24.6. The van der Waals surface area contributed by atoms with Crippen LogP contribution in [-0.2, 0) is 12.4 Å². The van der Waals surface area contributed by atoms with Crippen molar-refractivity contribution in [1.29, 1.82) is 0 Å². The Morgan fingerprint density at radius 3 is 1.64 bits per heavy atom. The van der Waals surface area contributed by atoms with Crippen LogP contribution in [0.5, 0.6) is 11.5 Å². The average Bonchev–Trinajstić information content (AvgIpc) is 2.75. The number of alkyl halides is 6. The van der Waals surface area contributed by atoms with Crippen molar-refractivity contribution in [2.75, 3.05) is 10.9 Å². The summed E-state index contributed by atoms with van der Waals surface area (Å²) in [5, 5.41) is 22.4. The highest BCUT2D eigenvalue weighted by atomic mass is 19.4. The zero-order valence-electron chi connectivity index (χ0n) is 16.6. The first-order chi connectivity index (χ1) is 15.4. The maximum atomic E-state index is 12.4. The molecule has 3 aromatic rings. The van der Waals surface area contributed by atoms with Gasteiger partial charge in [-0.1, -0.05) is 0 Å². The fourth-order valence-electron chi connectivity index (χ4n) is 2.31. The summed E-state index contributed by atoms with van der Waals surface area (Å²) in [6.07, 6.45) is -7.38. The molecule has 6 nitrogen and oxygen atoms in total. The Kier molecular flexibility index (Phi) is 8.13. The monoisotopic (exact) mass is 472 g/mol. The molecule has 6 N–H and O–H groups in total. The largest absolute Gasteiger partial charge is 0.508 e. The lowest BCUT2D eigenvalue weighted by Gasteiger charge is -2.07. The predicted octanol–water partition coefficient (Wildman–Crippen LogP) is 5.55. The van der Waals surface area contributed by atoms with E-state index >= 15 is 0 Å². The first kappa shape index (κ1) is 25.3. The van der Waals surface area contributed by atoms with Crippen molar-refractivity contribution in [2.45, 2.75) is 12.4 Å². The number of nitrogen functional groups attached to an aromatic ring is 1.